The van der Waals surface area contributed by atoms with Crippen LogP contribution in [0.4, 0.5) is 0 Å². The molecule has 0 unspecified atom stereocenters. The van der Waals surface area contributed by atoms with Crippen molar-refractivity contribution in [2.45, 2.75) is 6.92 Å². The molecule has 1 N–H and O–H groups in total. The topological polar surface area (TPSA) is 64.0 Å². The lowest BCUT2D eigenvalue weighted by molar-refractivity contribution is 0.101. The van der Waals surface area contributed by atoms with Crippen LogP contribution in [0.5, 0.6) is 0 Å². The zero-order valence-corrected chi connectivity index (χ0v) is 16.7. The predicted octanol–water partition coefficient (Wildman–Crippen LogP) is 4.58. The first kappa shape index (κ1) is 17.6. The van der Waals surface area contributed by atoms with Crippen LogP contribution < -0.4 is 11.0 Å². The summed E-state index contributed by atoms with van der Waals surface area (Å²) in [7, 11) is 0. The summed E-state index contributed by atoms with van der Waals surface area (Å²) in [6, 6.07) is 16.6. The summed E-state index contributed by atoms with van der Waals surface area (Å²) in [5.74, 6) is -0.376. The summed E-state index contributed by atoms with van der Waals surface area (Å²) in [5.41, 5.74) is 4.59. The second-order valence-electron chi connectivity index (χ2n) is 5.95. The molecule has 0 bridgehead atoms. The van der Waals surface area contributed by atoms with E-state index in [4.69, 9.17) is 0 Å². The number of carbonyl (C=O) groups is 1. The smallest absolute Gasteiger partial charge is 0.267 e. The van der Waals surface area contributed by atoms with E-state index < -0.39 is 0 Å². The summed E-state index contributed by atoms with van der Waals surface area (Å²) in [5, 5.41) is 0.516. The third-order valence-electron chi connectivity index (χ3n) is 4.18. The number of carbonyl (C=O) groups excluding carboxylic acids is 1. The van der Waals surface area contributed by atoms with E-state index in [-0.39, 0.29) is 11.5 Å². The summed E-state index contributed by atoms with van der Waals surface area (Å²) in [6.07, 6.45) is 1.35. The van der Waals surface area contributed by atoms with Crippen molar-refractivity contribution in [3.05, 3.63) is 86.2 Å². The van der Waals surface area contributed by atoms with Crippen LogP contribution in [0, 0.1) is 6.92 Å². The van der Waals surface area contributed by atoms with E-state index in [0.29, 0.717) is 15.8 Å². The van der Waals surface area contributed by atoms with Crippen LogP contribution in [0.3, 0.4) is 0 Å². The fourth-order valence-corrected chi connectivity index (χ4v) is 4.18. The normalized spacial score (nSPS) is 10.9. The first-order valence-corrected chi connectivity index (χ1v) is 9.78. The predicted molar refractivity (Wildman–Crippen MR) is 112 cm³/mol. The number of halogens is 1. The summed E-state index contributed by atoms with van der Waals surface area (Å²) in [6.45, 7) is 1.97. The molecule has 5 nitrogen and oxygen atoms in total. The molecular weight excluding hydrogens is 426 g/mol. The van der Waals surface area contributed by atoms with Crippen molar-refractivity contribution >= 4 is 43.4 Å². The number of fused-ring (bicyclic) bond motifs is 1. The molecule has 0 aliphatic carbocycles. The van der Waals surface area contributed by atoms with Crippen LogP contribution in [-0.2, 0) is 0 Å². The fourth-order valence-electron chi connectivity index (χ4n) is 2.91. The Balaban J connectivity index is 1.79. The van der Waals surface area contributed by atoms with Crippen molar-refractivity contribution in [3.63, 3.8) is 0 Å². The molecule has 27 heavy (non-hydrogen) atoms. The quantitative estimate of drug-likeness (QED) is 0.507. The van der Waals surface area contributed by atoms with Gasteiger partial charge in [0.1, 0.15) is 11.2 Å². The number of hydrogen-bond donors (Lipinski definition) is 1. The van der Waals surface area contributed by atoms with Gasteiger partial charge in [0.25, 0.3) is 11.5 Å². The second kappa shape index (κ2) is 7.09. The maximum absolute atomic E-state index is 13.1. The summed E-state index contributed by atoms with van der Waals surface area (Å²) < 4.78 is 2.02. The van der Waals surface area contributed by atoms with Gasteiger partial charge in [-0.2, -0.15) is 0 Å². The molecule has 2 aromatic carbocycles. The van der Waals surface area contributed by atoms with Crippen molar-refractivity contribution in [2.75, 3.05) is 5.43 Å². The van der Waals surface area contributed by atoms with Gasteiger partial charge in [-0.3, -0.25) is 15.0 Å². The van der Waals surface area contributed by atoms with Gasteiger partial charge in [0.2, 0.25) is 0 Å². The standard InChI is InChI=1S/C20H14BrN3O2S/c1-12-16(13-5-3-2-4-6-13)17-19(27-12)22-11-24(20(17)26)23-18(25)14-7-9-15(21)10-8-14/h2-11H,1H3,(H,23,25). The Bertz CT molecular complexity index is 1200. The molecular formula is C20H14BrN3O2S. The van der Waals surface area contributed by atoms with Crippen molar-refractivity contribution in [1.82, 2.24) is 9.66 Å². The van der Waals surface area contributed by atoms with Crippen LogP contribution in [0.15, 0.2) is 70.2 Å². The average Bonchev–Trinajstić information content (AvgIpc) is 3.02. The van der Waals surface area contributed by atoms with E-state index in [0.717, 1.165) is 25.2 Å². The Morgan fingerprint density at radius 1 is 1.11 bits per heavy atom. The molecule has 0 atom stereocenters. The molecule has 0 saturated carbocycles. The molecule has 2 heterocycles. The molecule has 0 aliphatic rings. The minimum atomic E-state index is -0.376. The van der Waals surface area contributed by atoms with E-state index in [2.05, 4.69) is 26.3 Å². The lowest BCUT2D eigenvalue weighted by Gasteiger charge is -2.08. The van der Waals surface area contributed by atoms with E-state index in [1.807, 2.05) is 37.3 Å². The Kier molecular flexibility index (Phi) is 4.63. The Morgan fingerprint density at radius 2 is 1.81 bits per heavy atom. The van der Waals surface area contributed by atoms with Gasteiger partial charge >= 0.3 is 0 Å². The molecule has 0 spiro atoms. The third-order valence-corrected chi connectivity index (χ3v) is 5.72. The fraction of sp³-hybridized carbons (Fsp3) is 0.0500. The molecule has 7 heteroatoms. The van der Waals surface area contributed by atoms with Crippen molar-refractivity contribution in [3.8, 4) is 11.1 Å². The van der Waals surface area contributed by atoms with Gasteiger partial charge in [-0.15, -0.1) is 11.3 Å². The Labute approximate surface area is 167 Å². The maximum atomic E-state index is 13.1. The van der Waals surface area contributed by atoms with Crippen molar-refractivity contribution < 1.29 is 4.79 Å². The van der Waals surface area contributed by atoms with Gasteiger partial charge in [-0.25, -0.2) is 9.66 Å². The highest BCUT2D eigenvalue weighted by molar-refractivity contribution is 9.10. The van der Waals surface area contributed by atoms with Crippen LogP contribution in [0.2, 0.25) is 0 Å². The molecule has 0 radical (unpaired) electrons. The van der Waals surface area contributed by atoms with Gasteiger partial charge < -0.3 is 0 Å². The van der Waals surface area contributed by atoms with E-state index >= 15 is 0 Å². The molecule has 4 aromatic rings. The summed E-state index contributed by atoms with van der Waals surface area (Å²) >= 11 is 4.81. The number of thiophene rings is 1. The van der Waals surface area contributed by atoms with Crippen molar-refractivity contribution in [1.29, 1.82) is 0 Å². The SMILES string of the molecule is Cc1sc2ncn(NC(=O)c3ccc(Br)cc3)c(=O)c2c1-c1ccccc1. The minimum absolute atomic E-state index is 0.298. The molecule has 1 amide bonds. The number of nitrogens with zero attached hydrogens (tertiary/aromatic N) is 2. The Hall–Kier alpha value is -2.77. The zero-order chi connectivity index (χ0) is 19.0. The minimum Gasteiger partial charge on any atom is -0.267 e. The first-order valence-electron chi connectivity index (χ1n) is 8.17. The number of aromatic nitrogens is 2. The lowest BCUT2D eigenvalue weighted by atomic mass is 10.0. The molecule has 0 saturated heterocycles. The Morgan fingerprint density at radius 3 is 2.52 bits per heavy atom. The van der Waals surface area contributed by atoms with Crippen LogP contribution in [0.25, 0.3) is 21.3 Å². The number of aryl methyl sites for hydroxylation is 1. The number of benzene rings is 2. The summed E-state index contributed by atoms with van der Waals surface area (Å²) in [4.78, 5) is 31.6. The lowest BCUT2D eigenvalue weighted by Crippen LogP contribution is -2.33. The molecule has 0 aliphatic heterocycles. The van der Waals surface area contributed by atoms with E-state index in [1.54, 1.807) is 24.3 Å². The second-order valence-corrected chi connectivity index (χ2v) is 8.07. The maximum Gasteiger partial charge on any atom is 0.281 e. The first-order chi connectivity index (χ1) is 13.0. The van der Waals surface area contributed by atoms with Crippen LogP contribution in [-0.4, -0.2) is 15.6 Å². The molecule has 134 valence electrons. The van der Waals surface area contributed by atoms with Crippen molar-refractivity contribution in [2.24, 2.45) is 0 Å². The number of nitrogens with one attached hydrogen (secondary N) is 1. The highest BCUT2D eigenvalue weighted by Gasteiger charge is 2.17. The molecule has 4 rings (SSSR count). The van der Waals surface area contributed by atoms with Gasteiger partial charge in [0.15, 0.2) is 0 Å². The highest BCUT2D eigenvalue weighted by Crippen LogP contribution is 2.35. The average molecular weight is 440 g/mol. The number of hydrogen-bond acceptors (Lipinski definition) is 4. The highest BCUT2D eigenvalue weighted by atomic mass is 79.9. The molecule has 0 fully saturated rings. The van der Waals surface area contributed by atoms with Crippen LogP contribution in [0.1, 0.15) is 15.2 Å². The largest absolute Gasteiger partial charge is 0.281 e. The van der Waals surface area contributed by atoms with Gasteiger partial charge in [-0.1, -0.05) is 46.3 Å². The van der Waals surface area contributed by atoms with E-state index in [1.165, 1.54) is 17.7 Å². The number of amides is 1. The van der Waals surface area contributed by atoms with Gasteiger partial charge in [0, 0.05) is 20.5 Å². The molecule has 2 aromatic heterocycles. The zero-order valence-electron chi connectivity index (χ0n) is 14.3. The van der Waals surface area contributed by atoms with Gasteiger partial charge in [-0.05, 0) is 36.8 Å². The third kappa shape index (κ3) is 3.31. The number of rotatable bonds is 3. The van der Waals surface area contributed by atoms with Gasteiger partial charge in [0.05, 0.1) is 5.39 Å². The monoisotopic (exact) mass is 439 g/mol. The van der Waals surface area contributed by atoms with E-state index in [9.17, 15) is 9.59 Å². The van der Waals surface area contributed by atoms with Crippen LogP contribution >= 0.6 is 27.3 Å².